The van der Waals surface area contributed by atoms with Crippen LogP contribution < -0.4 is 5.73 Å². The summed E-state index contributed by atoms with van der Waals surface area (Å²) >= 11 is 0. The van der Waals surface area contributed by atoms with Crippen LogP contribution in [0.25, 0.3) is 0 Å². The monoisotopic (exact) mass is 230 g/mol. The van der Waals surface area contributed by atoms with E-state index in [1.807, 2.05) is 35.3 Å². The Morgan fingerprint density at radius 1 is 1.35 bits per heavy atom. The second-order valence-electron chi connectivity index (χ2n) is 4.48. The van der Waals surface area contributed by atoms with Crippen molar-refractivity contribution in [2.45, 2.75) is 32.4 Å². The van der Waals surface area contributed by atoms with Crippen molar-refractivity contribution in [2.24, 2.45) is 5.73 Å². The first-order chi connectivity index (χ1) is 8.16. The topological polar surface area (TPSA) is 56.7 Å². The van der Waals surface area contributed by atoms with Crippen LogP contribution in [0.15, 0.2) is 36.8 Å². The SMILES string of the molecule is CC(C)n1ccc(CC(N)c2cccnc2)n1. The number of rotatable bonds is 4. The van der Waals surface area contributed by atoms with Crippen LogP contribution >= 0.6 is 0 Å². The number of aromatic nitrogens is 3. The van der Waals surface area contributed by atoms with Crippen molar-refractivity contribution in [1.29, 1.82) is 0 Å². The number of nitrogens with two attached hydrogens (primary N) is 1. The maximum absolute atomic E-state index is 6.12. The van der Waals surface area contributed by atoms with Crippen molar-refractivity contribution in [1.82, 2.24) is 14.8 Å². The normalized spacial score (nSPS) is 12.9. The first kappa shape index (κ1) is 11.8. The average molecular weight is 230 g/mol. The molecule has 0 amide bonds. The van der Waals surface area contributed by atoms with Crippen LogP contribution in [0.1, 0.15) is 37.2 Å². The molecular formula is C13H18N4. The van der Waals surface area contributed by atoms with Gasteiger partial charge in [-0.15, -0.1) is 0 Å². The van der Waals surface area contributed by atoms with Gasteiger partial charge >= 0.3 is 0 Å². The van der Waals surface area contributed by atoms with Crippen LogP contribution in [0.5, 0.6) is 0 Å². The summed E-state index contributed by atoms with van der Waals surface area (Å²) in [5, 5.41) is 4.49. The zero-order valence-electron chi connectivity index (χ0n) is 10.2. The molecule has 2 aromatic heterocycles. The van der Waals surface area contributed by atoms with Crippen LogP contribution in [0.2, 0.25) is 0 Å². The second kappa shape index (κ2) is 5.10. The zero-order chi connectivity index (χ0) is 12.3. The van der Waals surface area contributed by atoms with E-state index in [-0.39, 0.29) is 6.04 Å². The lowest BCUT2D eigenvalue weighted by molar-refractivity contribution is 0.522. The molecule has 0 radical (unpaired) electrons. The summed E-state index contributed by atoms with van der Waals surface area (Å²) in [4.78, 5) is 4.08. The van der Waals surface area contributed by atoms with Crippen molar-refractivity contribution >= 4 is 0 Å². The summed E-state index contributed by atoms with van der Waals surface area (Å²) < 4.78 is 1.95. The lowest BCUT2D eigenvalue weighted by Crippen LogP contribution is -2.14. The number of nitrogens with zero attached hydrogens (tertiary/aromatic N) is 3. The van der Waals surface area contributed by atoms with E-state index in [2.05, 4.69) is 23.9 Å². The molecule has 4 nitrogen and oxygen atoms in total. The van der Waals surface area contributed by atoms with Gasteiger partial charge in [0.05, 0.1) is 5.69 Å². The molecule has 0 fully saturated rings. The Morgan fingerprint density at radius 2 is 2.18 bits per heavy atom. The van der Waals surface area contributed by atoms with Gasteiger partial charge in [-0.25, -0.2) is 0 Å². The smallest absolute Gasteiger partial charge is 0.0643 e. The minimum atomic E-state index is -0.0424. The highest BCUT2D eigenvalue weighted by molar-refractivity contribution is 5.16. The summed E-state index contributed by atoms with van der Waals surface area (Å²) in [5.74, 6) is 0. The third-order valence-corrected chi connectivity index (χ3v) is 2.73. The van der Waals surface area contributed by atoms with E-state index in [1.54, 1.807) is 6.20 Å². The van der Waals surface area contributed by atoms with Gasteiger partial charge < -0.3 is 5.73 Å². The van der Waals surface area contributed by atoms with Crippen molar-refractivity contribution in [2.75, 3.05) is 0 Å². The molecule has 0 spiro atoms. The van der Waals surface area contributed by atoms with E-state index in [9.17, 15) is 0 Å². The van der Waals surface area contributed by atoms with E-state index in [1.165, 1.54) is 0 Å². The van der Waals surface area contributed by atoms with E-state index in [4.69, 9.17) is 5.73 Å². The standard InChI is InChI=1S/C13H18N4/c1-10(2)17-7-5-12(16-17)8-13(14)11-4-3-6-15-9-11/h3-7,9-10,13H,8,14H2,1-2H3. The summed E-state index contributed by atoms with van der Waals surface area (Å²) in [6, 6.07) is 6.27. The molecule has 2 rings (SSSR count). The Hall–Kier alpha value is -1.68. The van der Waals surface area contributed by atoms with Gasteiger partial charge in [-0.2, -0.15) is 5.10 Å². The Labute approximate surface area is 101 Å². The maximum atomic E-state index is 6.12. The fourth-order valence-corrected chi connectivity index (χ4v) is 1.71. The Bertz CT molecular complexity index is 461. The zero-order valence-corrected chi connectivity index (χ0v) is 10.2. The van der Waals surface area contributed by atoms with Gasteiger partial charge in [0.1, 0.15) is 0 Å². The number of hydrogen-bond acceptors (Lipinski definition) is 3. The molecule has 2 heterocycles. The van der Waals surface area contributed by atoms with Crippen LogP contribution in [0.3, 0.4) is 0 Å². The fourth-order valence-electron chi connectivity index (χ4n) is 1.71. The van der Waals surface area contributed by atoms with E-state index in [0.717, 1.165) is 17.7 Å². The summed E-state index contributed by atoms with van der Waals surface area (Å²) in [6.07, 6.45) is 6.30. The summed E-state index contributed by atoms with van der Waals surface area (Å²) in [7, 11) is 0. The van der Waals surface area contributed by atoms with Gasteiger partial charge in [0, 0.05) is 37.1 Å². The van der Waals surface area contributed by atoms with Gasteiger partial charge in [0.15, 0.2) is 0 Å². The predicted molar refractivity (Wildman–Crippen MR) is 67.5 cm³/mol. The molecule has 0 aliphatic carbocycles. The molecule has 4 heteroatoms. The molecular weight excluding hydrogens is 212 g/mol. The van der Waals surface area contributed by atoms with Crippen molar-refractivity contribution in [3.05, 3.63) is 48.0 Å². The summed E-state index contributed by atoms with van der Waals surface area (Å²) in [6.45, 7) is 4.22. The van der Waals surface area contributed by atoms with Gasteiger partial charge in [0.2, 0.25) is 0 Å². The Balaban J connectivity index is 2.05. The van der Waals surface area contributed by atoms with Crippen LogP contribution in [-0.2, 0) is 6.42 Å². The van der Waals surface area contributed by atoms with Gasteiger partial charge in [-0.3, -0.25) is 9.67 Å². The quantitative estimate of drug-likeness (QED) is 0.875. The first-order valence-electron chi connectivity index (χ1n) is 5.86. The molecule has 0 bridgehead atoms. The highest BCUT2D eigenvalue weighted by Gasteiger charge is 2.09. The van der Waals surface area contributed by atoms with Gasteiger partial charge in [0.25, 0.3) is 0 Å². The van der Waals surface area contributed by atoms with Crippen LogP contribution in [0.4, 0.5) is 0 Å². The highest BCUT2D eigenvalue weighted by atomic mass is 15.3. The molecule has 1 unspecified atom stereocenters. The van der Waals surface area contributed by atoms with Crippen molar-refractivity contribution in [3.8, 4) is 0 Å². The largest absolute Gasteiger partial charge is 0.324 e. The predicted octanol–water partition coefficient (Wildman–Crippen LogP) is 2.10. The Morgan fingerprint density at radius 3 is 2.76 bits per heavy atom. The fraction of sp³-hybridized carbons (Fsp3) is 0.385. The number of pyridine rings is 1. The molecule has 0 aliphatic heterocycles. The number of hydrogen-bond donors (Lipinski definition) is 1. The van der Waals surface area contributed by atoms with Gasteiger partial charge in [-0.05, 0) is 31.5 Å². The molecule has 2 N–H and O–H groups in total. The van der Waals surface area contributed by atoms with E-state index < -0.39 is 0 Å². The van der Waals surface area contributed by atoms with E-state index >= 15 is 0 Å². The minimum Gasteiger partial charge on any atom is -0.324 e. The molecule has 0 aromatic carbocycles. The molecule has 90 valence electrons. The summed E-state index contributed by atoms with van der Waals surface area (Å²) in [5.41, 5.74) is 8.19. The molecule has 0 saturated heterocycles. The minimum absolute atomic E-state index is 0.0424. The molecule has 17 heavy (non-hydrogen) atoms. The maximum Gasteiger partial charge on any atom is 0.0643 e. The van der Waals surface area contributed by atoms with Crippen molar-refractivity contribution < 1.29 is 0 Å². The molecule has 2 aromatic rings. The highest BCUT2D eigenvalue weighted by Crippen LogP contribution is 2.14. The molecule has 1 atom stereocenters. The van der Waals surface area contributed by atoms with Crippen LogP contribution in [0, 0.1) is 0 Å². The average Bonchev–Trinajstić information content (AvgIpc) is 2.79. The second-order valence-corrected chi connectivity index (χ2v) is 4.48. The lowest BCUT2D eigenvalue weighted by atomic mass is 10.1. The third-order valence-electron chi connectivity index (χ3n) is 2.73. The third kappa shape index (κ3) is 2.91. The lowest BCUT2D eigenvalue weighted by Gasteiger charge is -2.09. The molecule has 0 saturated carbocycles. The molecule has 0 aliphatic rings. The van der Waals surface area contributed by atoms with Crippen LogP contribution in [-0.4, -0.2) is 14.8 Å². The van der Waals surface area contributed by atoms with E-state index in [0.29, 0.717) is 6.04 Å². The Kier molecular flexibility index (Phi) is 3.54. The first-order valence-corrected chi connectivity index (χ1v) is 5.86. The van der Waals surface area contributed by atoms with Crippen molar-refractivity contribution in [3.63, 3.8) is 0 Å². The van der Waals surface area contributed by atoms with Gasteiger partial charge in [-0.1, -0.05) is 6.07 Å².